The van der Waals surface area contributed by atoms with Gasteiger partial charge in [0.05, 0.1) is 6.10 Å². The lowest BCUT2D eigenvalue weighted by Gasteiger charge is -2.45. The second-order valence-electron chi connectivity index (χ2n) is 5.49. The second kappa shape index (κ2) is 4.80. The zero-order valence-electron chi connectivity index (χ0n) is 10.9. The standard InChI is InChI=1S/C17H19NO/c18-12-17(10-16(19)11-17)15-8-6-14(7-9-15)13-4-2-1-3-5-13/h1-9,16,19H,10-12,18H2. The van der Waals surface area contributed by atoms with Crippen LogP contribution in [0.2, 0.25) is 0 Å². The highest BCUT2D eigenvalue weighted by atomic mass is 16.3. The maximum atomic E-state index is 9.55. The Morgan fingerprint density at radius 2 is 1.53 bits per heavy atom. The van der Waals surface area contributed by atoms with E-state index in [0.29, 0.717) is 6.54 Å². The summed E-state index contributed by atoms with van der Waals surface area (Å²) in [5.74, 6) is 0. The average molecular weight is 253 g/mol. The normalized spacial score (nSPS) is 25.9. The van der Waals surface area contributed by atoms with Crippen molar-refractivity contribution >= 4 is 0 Å². The third-order valence-corrected chi connectivity index (χ3v) is 4.25. The summed E-state index contributed by atoms with van der Waals surface area (Å²) in [5.41, 5.74) is 9.59. The molecular weight excluding hydrogens is 234 g/mol. The molecule has 0 radical (unpaired) electrons. The molecule has 19 heavy (non-hydrogen) atoms. The SMILES string of the molecule is NCC1(c2ccc(-c3ccccc3)cc2)CC(O)C1. The van der Waals surface area contributed by atoms with Crippen LogP contribution in [-0.4, -0.2) is 17.8 Å². The topological polar surface area (TPSA) is 46.2 Å². The van der Waals surface area contributed by atoms with Gasteiger partial charge >= 0.3 is 0 Å². The summed E-state index contributed by atoms with van der Waals surface area (Å²) in [4.78, 5) is 0. The van der Waals surface area contributed by atoms with E-state index in [1.54, 1.807) is 0 Å². The first-order valence-electron chi connectivity index (χ1n) is 6.78. The minimum absolute atomic E-state index is 0.00532. The molecule has 0 heterocycles. The van der Waals surface area contributed by atoms with E-state index in [-0.39, 0.29) is 11.5 Å². The van der Waals surface area contributed by atoms with Gasteiger partial charge in [0, 0.05) is 12.0 Å². The molecule has 0 amide bonds. The zero-order valence-corrected chi connectivity index (χ0v) is 10.9. The highest BCUT2D eigenvalue weighted by molar-refractivity contribution is 5.63. The molecule has 0 atom stereocenters. The van der Waals surface area contributed by atoms with E-state index in [1.807, 2.05) is 18.2 Å². The van der Waals surface area contributed by atoms with Crippen molar-refractivity contribution in [2.24, 2.45) is 5.73 Å². The molecule has 2 nitrogen and oxygen atoms in total. The van der Waals surface area contributed by atoms with Gasteiger partial charge < -0.3 is 10.8 Å². The zero-order chi connectivity index (χ0) is 13.3. The van der Waals surface area contributed by atoms with Crippen molar-refractivity contribution in [3.63, 3.8) is 0 Å². The summed E-state index contributed by atoms with van der Waals surface area (Å²) in [7, 11) is 0. The maximum absolute atomic E-state index is 9.55. The summed E-state index contributed by atoms with van der Waals surface area (Å²) in [6, 6.07) is 18.9. The van der Waals surface area contributed by atoms with Crippen LogP contribution in [0, 0.1) is 0 Å². The van der Waals surface area contributed by atoms with Crippen molar-refractivity contribution in [2.45, 2.75) is 24.4 Å². The summed E-state index contributed by atoms with van der Waals surface area (Å²) in [5, 5.41) is 9.55. The van der Waals surface area contributed by atoms with Crippen LogP contribution < -0.4 is 5.73 Å². The second-order valence-corrected chi connectivity index (χ2v) is 5.49. The van der Waals surface area contributed by atoms with Gasteiger partial charge in [0.25, 0.3) is 0 Å². The molecule has 1 aliphatic rings. The van der Waals surface area contributed by atoms with Crippen molar-refractivity contribution in [2.75, 3.05) is 6.54 Å². The van der Waals surface area contributed by atoms with Crippen LogP contribution in [0.5, 0.6) is 0 Å². The number of nitrogens with two attached hydrogens (primary N) is 1. The Bertz CT molecular complexity index is 541. The third kappa shape index (κ3) is 2.18. The number of hydrogen-bond acceptors (Lipinski definition) is 2. The smallest absolute Gasteiger partial charge is 0.0558 e. The average Bonchev–Trinajstić information content (AvgIpc) is 2.45. The Labute approximate surface area is 113 Å². The Balaban J connectivity index is 1.87. The van der Waals surface area contributed by atoms with Crippen molar-refractivity contribution in [1.82, 2.24) is 0 Å². The van der Waals surface area contributed by atoms with Crippen molar-refractivity contribution in [3.8, 4) is 11.1 Å². The molecule has 0 saturated heterocycles. The highest BCUT2D eigenvalue weighted by Crippen LogP contribution is 2.43. The van der Waals surface area contributed by atoms with Crippen LogP contribution in [-0.2, 0) is 5.41 Å². The molecule has 1 fully saturated rings. The molecule has 0 unspecified atom stereocenters. The van der Waals surface area contributed by atoms with E-state index >= 15 is 0 Å². The molecule has 2 aromatic rings. The summed E-state index contributed by atoms with van der Waals surface area (Å²) < 4.78 is 0. The van der Waals surface area contributed by atoms with Crippen molar-refractivity contribution < 1.29 is 5.11 Å². The van der Waals surface area contributed by atoms with Crippen LogP contribution in [0.3, 0.4) is 0 Å². The summed E-state index contributed by atoms with van der Waals surface area (Å²) in [6.07, 6.45) is 1.39. The fraction of sp³-hybridized carbons (Fsp3) is 0.294. The van der Waals surface area contributed by atoms with Gasteiger partial charge in [0.15, 0.2) is 0 Å². The van der Waals surface area contributed by atoms with Gasteiger partial charge in [-0.2, -0.15) is 0 Å². The molecule has 98 valence electrons. The molecular formula is C17H19NO. The summed E-state index contributed by atoms with van der Waals surface area (Å²) >= 11 is 0. The Morgan fingerprint density at radius 3 is 2.05 bits per heavy atom. The molecule has 0 aromatic heterocycles. The quantitative estimate of drug-likeness (QED) is 0.883. The van der Waals surface area contributed by atoms with E-state index in [4.69, 9.17) is 5.73 Å². The van der Waals surface area contributed by atoms with Crippen LogP contribution in [0.15, 0.2) is 54.6 Å². The van der Waals surface area contributed by atoms with Gasteiger partial charge in [-0.1, -0.05) is 54.6 Å². The van der Waals surface area contributed by atoms with Gasteiger partial charge in [-0.15, -0.1) is 0 Å². The first-order valence-corrected chi connectivity index (χ1v) is 6.78. The molecule has 0 aliphatic heterocycles. The number of rotatable bonds is 3. The minimum Gasteiger partial charge on any atom is -0.393 e. The molecule has 1 aliphatic carbocycles. The predicted octanol–water partition coefficient (Wildman–Crippen LogP) is 2.70. The molecule has 0 bridgehead atoms. The lowest BCUT2D eigenvalue weighted by Crippen LogP contribution is -2.49. The molecule has 2 aromatic carbocycles. The van der Waals surface area contributed by atoms with Gasteiger partial charge in [0.2, 0.25) is 0 Å². The Kier molecular flexibility index (Phi) is 3.13. The van der Waals surface area contributed by atoms with Crippen LogP contribution in [0.1, 0.15) is 18.4 Å². The molecule has 3 N–H and O–H groups in total. The maximum Gasteiger partial charge on any atom is 0.0558 e. The number of aliphatic hydroxyl groups is 1. The van der Waals surface area contributed by atoms with E-state index in [9.17, 15) is 5.11 Å². The number of benzene rings is 2. The van der Waals surface area contributed by atoms with Crippen LogP contribution >= 0.6 is 0 Å². The monoisotopic (exact) mass is 253 g/mol. The van der Waals surface area contributed by atoms with Crippen LogP contribution in [0.25, 0.3) is 11.1 Å². The molecule has 0 spiro atoms. The molecule has 3 rings (SSSR count). The third-order valence-electron chi connectivity index (χ3n) is 4.25. The van der Waals surface area contributed by atoms with E-state index in [1.165, 1.54) is 16.7 Å². The highest BCUT2D eigenvalue weighted by Gasteiger charge is 2.43. The van der Waals surface area contributed by atoms with Crippen LogP contribution in [0.4, 0.5) is 0 Å². The molecule has 1 saturated carbocycles. The number of aliphatic hydroxyl groups excluding tert-OH is 1. The van der Waals surface area contributed by atoms with E-state index in [2.05, 4.69) is 36.4 Å². The lowest BCUT2D eigenvalue weighted by molar-refractivity contribution is 0.0222. The first kappa shape index (κ1) is 12.4. The Morgan fingerprint density at radius 1 is 0.947 bits per heavy atom. The van der Waals surface area contributed by atoms with Crippen molar-refractivity contribution in [1.29, 1.82) is 0 Å². The lowest BCUT2D eigenvalue weighted by atomic mass is 9.63. The largest absolute Gasteiger partial charge is 0.393 e. The fourth-order valence-corrected chi connectivity index (χ4v) is 3.01. The minimum atomic E-state index is -0.183. The van der Waals surface area contributed by atoms with Gasteiger partial charge in [0.1, 0.15) is 0 Å². The van der Waals surface area contributed by atoms with Crippen molar-refractivity contribution in [3.05, 3.63) is 60.2 Å². The Hall–Kier alpha value is -1.64. The fourth-order valence-electron chi connectivity index (χ4n) is 3.01. The van der Waals surface area contributed by atoms with Gasteiger partial charge in [-0.25, -0.2) is 0 Å². The molecule has 2 heteroatoms. The van der Waals surface area contributed by atoms with Gasteiger partial charge in [-0.3, -0.25) is 0 Å². The van der Waals surface area contributed by atoms with E-state index in [0.717, 1.165) is 12.8 Å². The summed E-state index contributed by atoms with van der Waals surface area (Å²) in [6.45, 7) is 0.606. The van der Waals surface area contributed by atoms with E-state index < -0.39 is 0 Å². The van der Waals surface area contributed by atoms with Gasteiger partial charge in [-0.05, 0) is 29.5 Å². The first-order chi connectivity index (χ1) is 9.23. The number of hydrogen-bond donors (Lipinski definition) is 2. The predicted molar refractivity (Wildman–Crippen MR) is 77.9 cm³/mol.